The fourth-order valence-electron chi connectivity index (χ4n) is 3.40. The highest BCUT2D eigenvalue weighted by Crippen LogP contribution is 2.29. The number of nitrogens with one attached hydrogen (secondary N) is 1. The summed E-state index contributed by atoms with van der Waals surface area (Å²) >= 11 is 0. The molecule has 2 fully saturated rings. The molecule has 2 heterocycles. The molecule has 2 saturated heterocycles. The van der Waals surface area contributed by atoms with Crippen LogP contribution in [0, 0.1) is 0 Å². The minimum Gasteiger partial charge on any atom is -0.317 e. The number of hydrogen-bond acceptors (Lipinski definition) is 2. The van der Waals surface area contributed by atoms with Crippen LogP contribution in [0.3, 0.4) is 0 Å². The van der Waals surface area contributed by atoms with Crippen molar-refractivity contribution in [1.29, 1.82) is 0 Å². The van der Waals surface area contributed by atoms with Gasteiger partial charge in [0.05, 0.1) is 0 Å². The summed E-state index contributed by atoms with van der Waals surface area (Å²) in [7, 11) is 2.23. The number of piperidine rings is 1. The lowest BCUT2D eigenvalue weighted by Gasteiger charge is -2.23. The van der Waals surface area contributed by atoms with E-state index in [1.165, 1.54) is 51.0 Å². The van der Waals surface area contributed by atoms with Crippen LogP contribution in [0.15, 0.2) is 24.3 Å². The van der Waals surface area contributed by atoms with Gasteiger partial charge in [0, 0.05) is 6.54 Å². The minimum atomic E-state index is 0.761. The van der Waals surface area contributed by atoms with Crippen LogP contribution in [0.1, 0.15) is 42.2 Å². The smallest absolute Gasteiger partial charge is 0.00477 e. The van der Waals surface area contributed by atoms with Crippen LogP contribution in [0.25, 0.3) is 0 Å². The lowest BCUT2D eigenvalue weighted by atomic mass is 9.88. The molecular weight excluding hydrogens is 220 g/mol. The largest absolute Gasteiger partial charge is 0.317 e. The van der Waals surface area contributed by atoms with Crippen LogP contribution >= 0.6 is 0 Å². The lowest BCUT2D eigenvalue weighted by Crippen LogP contribution is -2.26. The van der Waals surface area contributed by atoms with Gasteiger partial charge >= 0.3 is 0 Å². The molecular formula is C16H24N2. The van der Waals surface area contributed by atoms with Crippen molar-refractivity contribution in [3.8, 4) is 0 Å². The number of hydrogen-bond donors (Lipinski definition) is 1. The van der Waals surface area contributed by atoms with Crippen LogP contribution in [0.5, 0.6) is 0 Å². The van der Waals surface area contributed by atoms with Gasteiger partial charge in [0.1, 0.15) is 0 Å². The molecule has 2 aliphatic heterocycles. The van der Waals surface area contributed by atoms with Crippen molar-refractivity contribution in [2.45, 2.75) is 31.1 Å². The molecule has 1 atom stereocenters. The predicted molar refractivity (Wildman–Crippen MR) is 76.1 cm³/mol. The maximum Gasteiger partial charge on any atom is 0.00477 e. The molecule has 1 unspecified atom stereocenters. The molecule has 0 aliphatic carbocycles. The zero-order valence-corrected chi connectivity index (χ0v) is 11.4. The quantitative estimate of drug-likeness (QED) is 0.860. The summed E-state index contributed by atoms with van der Waals surface area (Å²) in [5.74, 6) is 1.55. The number of rotatable bonds is 2. The van der Waals surface area contributed by atoms with Crippen molar-refractivity contribution in [2.24, 2.45) is 0 Å². The normalized spacial score (nSPS) is 26.6. The summed E-state index contributed by atoms with van der Waals surface area (Å²) in [6, 6.07) is 9.51. The van der Waals surface area contributed by atoms with Crippen molar-refractivity contribution in [2.75, 3.05) is 33.2 Å². The highest BCUT2D eigenvalue weighted by Gasteiger charge is 2.21. The first kappa shape index (κ1) is 12.2. The average Bonchev–Trinajstić information content (AvgIpc) is 2.87. The van der Waals surface area contributed by atoms with Gasteiger partial charge in [-0.25, -0.2) is 0 Å². The van der Waals surface area contributed by atoms with Crippen molar-refractivity contribution < 1.29 is 0 Å². The molecule has 0 bridgehead atoms. The standard InChI is InChI=1S/C16H24N2/c1-18-11-8-16(12-18)14-4-2-13(3-5-14)15-6-9-17-10-7-15/h2-5,15-17H,6-12H2,1H3. The Morgan fingerprint density at radius 1 is 0.944 bits per heavy atom. The number of benzene rings is 1. The lowest BCUT2D eigenvalue weighted by molar-refractivity contribution is 0.411. The van der Waals surface area contributed by atoms with Crippen LogP contribution in [0.4, 0.5) is 0 Å². The van der Waals surface area contributed by atoms with E-state index in [2.05, 4.69) is 41.5 Å². The van der Waals surface area contributed by atoms with E-state index < -0.39 is 0 Å². The average molecular weight is 244 g/mol. The first-order chi connectivity index (χ1) is 8.83. The van der Waals surface area contributed by atoms with Crippen LogP contribution in [-0.2, 0) is 0 Å². The summed E-state index contributed by atoms with van der Waals surface area (Å²) < 4.78 is 0. The Morgan fingerprint density at radius 3 is 2.11 bits per heavy atom. The molecule has 1 N–H and O–H groups in total. The van der Waals surface area contributed by atoms with Gasteiger partial charge in [0.2, 0.25) is 0 Å². The van der Waals surface area contributed by atoms with Gasteiger partial charge in [-0.3, -0.25) is 0 Å². The van der Waals surface area contributed by atoms with Crippen molar-refractivity contribution >= 4 is 0 Å². The van der Waals surface area contributed by atoms with E-state index in [1.807, 2.05) is 0 Å². The van der Waals surface area contributed by atoms with Gasteiger partial charge < -0.3 is 10.2 Å². The molecule has 98 valence electrons. The highest BCUT2D eigenvalue weighted by molar-refractivity contribution is 5.29. The third-order valence-corrected chi connectivity index (χ3v) is 4.61. The fourth-order valence-corrected chi connectivity index (χ4v) is 3.40. The molecule has 0 saturated carbocycles. The van der Waals surface area contributed by atoms with Gasteiger partial charge in [-0.2, -0.15) is 0 Å². The van der Waals surface area contributed by atoms with Gasteiger partial charge in [-0.15, -0.1) is 0 Å². The minimum absolute atomic E-state index is 0.761. The third kappa shape index (κ3) is 2.60. The molecule has 0 amide bonds. The SMILES string of the molecule is CN1CCC(c2ccc(C3CCNCC3)cc2)C1. The molecule has 3 rings (SSSR count). The molecule has 2 heteroatoms. The molecule has 0 aromatic heterocycles. The molecule has 1 aromatic carbocycles. The van der Waals surface area contributed by atoms with E-state index in [0.717, 1.165) is 11.8 Å². The number of likely N-dealkylation sites (N-methyl/N-ethyl adjacent to an activating group) is 1. The summed E-state index contributed by atoms with van der Waals surface area (Å²) in [5, 5.41) is 3.44. The van der Waals surface area contributed by atoms with E-state index in [-0.39, 0.29) is 0 Å². The molecule has 0 radical (unpaired) electrons. The predicted octanol–water partition coefficient (Wildman–Crippen LogP) is 2.57. The van der Waals surface area contributed by atoms with Gasteiger partial charge in [-0.1, -0.05) is 24.3 Å². The van der Waals surface area contributed by atoms with Crippen molar-refractivity contribution in [3.63, 3.8) is 0 Å². The molecule has 1 aromatic rings. The number of nitrogens with zero attached hydrogens (tertiary/aromatic N) is 1. The molecule has 2 nitrogen and oxygen atoms in total. The van der Waals surface area contributed by atoms with E-state index in [9.17, 15) is 0 Å². The zero-order chi connectivity index (χ0) is 12.4. The second-order valence-corrected chi connectivity index (χ2v) is 5.94. The Balaban J connectivity index is 1.68. The van der Waals surface area contributed by atoms with Crippen LogP contribution < -0.4 is 5.32 Å². The molecule has 2 aliphatic rings. The van der Waals surface area contributed by atoms with Gasteiger partial charge in [0.25, 0.3) is 0 Å². The molecule has 18 heavy (non-hydrogen) atoms. The third-order valence-electron chi connectivity index (χ3n) is 4.61. The second-order valence-electron chi connectivity index (χ2n) is 5.94. The maximum atomic E-state index is 3.44. The second kappa shape index (κ2) is 5.41. The summed E-state index contributed by atoms with van der Waals surface area (Å²) in [6.45, 7) is 4.84. The van der Waals surface area contributed by atoms with Crippen LogP contribution in [-0.4, -0.2) is 38.1 Å². The zero-order valence-electron chi connectivity index (χ0n) is 11.4. The topological polar surface area (TPSA) is 15.3 Å². The van der Waals surface area contributed by atoms with E-state index in [0.29, 0.717) is 0 Å². The summed E-state index contributed by atoms with van der Waals surface area (Å²) in [6.07, 6.45) is 3.92. The van der Waals surface area contributed by atoms with E-state index in [1.54, 1.807) is 5.56 Å². The molecule has 0 spiro atoms. The summed E-state index contributed by atoms with van der Waals surface area (Å²) in [5.41, 5.74) is 3.09. The van der Waals surface area contributed by atoms with Crippen molar-refractivity contribution in [3.05, 3.63) is 35.4 Å². The van der Waals surface area contributed by atoms with E-state index >= 15 is 0 Å². The van der Waals surface area contributed by atoms with Gasteiger partial charge in [0.15, 0.2) is 0 Å². The van der Waals surface area contributed by atoms with E-state index in [4.69, 9.17) is 0 Å². The van der Waals surface area contributed by atoms with Gasteiger partial charge in [-0.05, 0) is 68.9 Å². The fraction of sp³-hybridized carbons (Fsp3) is 0.625. The first-order valence-corrected chi connectivity index (χ1v) is 7.32. The Morgan fingerprint density at radius 2 is 1.56 bits per heavy atom. The Bertz CT molecular complexity index is 355. The highest BCUT2D eigenvalue weighted by atomic mass is 15.1. The Hall–Kier alpha value is -0.860. The Kier molecular flexibility index (Phi) is 3.67. The monoisotopic (exact) mass is 244 g/mol. The van der Waals surface area contributed by atoms with Crippen molar-refractivity contribution in [1.82, 2.24) is 10.2 Å². The maximum absolute atomic E-state index is 3.44. The first-order valence-electron chi connectivity index (χ1n) is 7.32. The summed E-state index contributed by atoms with van der Waals surface area (Å²) in [4.78, 5) is 2.44. The Labute approximate surface area is 110 Å². The number of likely N-dealkylation sites (tertiary alicyclic amines) is 1. The van der Waals surface area contributed by atoms with Crippen LogP contribution in [0.2, 0.25) is 0 Å².